The monoisotopic (exact) mass is 300 g/mol. The summed E-state index contributed by atoms with van der Waals surface area (Å²) in [5.74, 6) is 0. The highest BCUT2D eigenvalue weighted by Gasteiger charge is 2.25. The van der Waals surface area contributed by atoms with Crippen LogP contribution in [-0.4, -0.2) is 10.9 Å². The van der Waals surface area contributed by atoms with E-state index in [-0.39, 0.29) is 0 Å². The molecule has 2 aromatic heterocycles. The number of fused-ring (bicyclic) bond motifs is 1. The van der Waals surface area contributed by atoms with Crippen molar-refractivity contribution in [1.29, 1.82) is 0 Å². The summed E-state index contributed by atoms with van der Waals surface area (Å²) in [6.07, 6.45) is 3.02. The zero-order valence-corrected chi connectivity index (χ0v) is 11.1. The SMILES string of the molecule is Brc1cnsc1C1NCCc2ccsc21. The number of halogens is 1. The highest BCUT2D eigenvalue weighted by molar-refractivity contribution is 9.10. The number of rotatable bonds is 1. The molecule has 2 nitrogen and oxygen atoms in total. The third-order valence-electron chi connectivity index (χ3n) is 2.60. The predicted octanol–water partition coefficient (Wildman–Crippen LogP) is 3.20. The van der Waals surface area contributed by atoms with Gasteiger partial charge in [0.1, 0.15) is 0 Å². The summed E-state index contributed by atoms with van der Waals surface area (Å²) in [6.45, 7) is 1.05. The summed E-state index contributed by atoms with van der Waals surface area (Å²) in [4.78, 5) is 2.74. The van der Waals surface area contributed by atoms with Gasteiger partial charge in [0.05, 0.1) is 21.6 Å². The molecule has 1 atom stereocenters. The molecule has 3 heterocycles. The minimum Gasteiger partial charge on any atom is -0.304 e. The van der Waals surface area contributed by atoms with Crippen LogP contribution in [0.3, 0.4) is 0 Å². The molecule has 0 amide bonds. The van der Waals surface area contributed by atoms with Crippen molar-refractivity contribution in [2.24, 2.45) is 0 Å². The predicted molar refractivity (Wildman–Crippen MR) is 67.7 cm³/mol. The lowest BCUT2D eigenvalue weighted by molar-refractivity contribution is 0.584. The Kier molecular flexibility index (Phi) is 2.64. The summed E-state index contributed by atoms with van der Waals surface area (Å²) in [6, 6.07) is 2.58. The lowest BCUT2D eigenvalue weighted by Crippen LogP contribution is -2.28. The highest BCUT2D eigenvalue weighted by atomic mass is 79.9. The molecule has 0 saturated carbocycles. The second-order valence-corrected chi connectivity index (χ2v) is 6.12. The molecule has 2 aromatic rings. The first kappa shape index (κ1) is 9.96. The second kappa shape index (κ2) is 3.97. The van der Waals surface area contributed by atoms with Gasteiger partial charge in [0, 0.05) is 11.4 Å². The number of aromatic nitrogens is 1. The van der Waals surface area contributed by atoms with Gasteiger partial charge in [-0.2, -0.15) is 4.37 Å². The Balaban J connectivity index is 2.07. The van der Waals surface area contributed by atoms with Crippen LogP contribution >= 0.6 is 38.8 Å². The van der Waals surface area contributed by atoms with E-state index in [4.69, 9.17) is 0 Å². The Labute approximate surface area is 105 Å². The van der Waals surface area contributed by atoms with Gasteiger partial charge in [-0.25, -0.2) is 0 Å². The van der Waals surface area contributed by atoms with Crippen LogP contribution in [0.5, 0.6) is 0 Å². The van der Waals surface area contributed by atoms with Crippen molar-refractivity contribution in [3.8, 4) is 0 Å². The number of hydrogen-bond donors (Lipinski definition) is 1. The summed E-state index contributed by atoms with van der Waals surface area (Å²) in [5, 5.41) is 5.74. The van der Waals surface area contributed by atoms with Gasteiger partial charge in [-0.05, 0) is 50.9 Å². The topological polar surface area (TPSA) is 24.9 Å². The maximum Gasteiger partial charge on any atom is 0.0795 e. The van der Waals surface area contributed by atoms with Crippen molar-refractivity contribution >= 4 is 38.8 Å². The van der Waals surface area contributed by atoms with Crippen LogP contribution in [-0.2, 0) is 6.42 Å². The molecule has 0 fully saturated rings. The molecule has 0 aromatic carbocycles. The molecule has 3 rings (SSSR count). The van der Waals surface area contributed by atoms with Gasteiger partial charge >= 0.3 is 0 Å². The first-order valence-electron chi connectivity index (χ1n) is 4.76. The first-order valence-corrected chi connectivity index (χ1v) is 7.20. The molecule has 1 unspecified atom stereocenters. The van der Waals surface area contributed by atoms with E-state index in [1.165, 1.54) is 15.3 Å². The fraction of sp³-hybridized carbons (Fsp3) is 0.300. The van der Waals surface area contributed by atoms with E-state index in [1.807, 2.05) is 17.5 Å². The van der Waals surface area contributed by atoms with Gasteiger partial charge in [0.25, 0.3) is 0 Å². The Bertz CT molecular complexity index is 477. The fourth-order valence-electron chi connectivity index (χ4n) is 1.89. The third kappa shape index (κ3) is 1.67. The van der Waals surface area contributed by atoms with Crippen LogP contribution in [0.1, 0.15) is 21.4 Å². The molecule has 5 heteroatoms. The van der Waals surface area contributed by atoms with E-state index in [0.29, 0.717) is 6.04 Å². The van der Waals surface area contributed by atoms with E-state index in [1.54, 1.807) is 11.5 Å². The van der Waals surface area contributed by atoms with Gasteiger partial charge < -0.3 is 5.32 Å². The molecule has 78 valence electrons. The Hall–Kier alpha value is -0.230. The van der Waals surface area contributed by atoms with Crippen molar-refractivity contribution in [2.75, 3.05) is 6.54 Å². The molecule has 1 aliphatic heterocycles. The van der Waals surface area contributed by atoms with E-state index in [9.17, 15) is 0 Å². The average Bonchev–Trinajstić information content (AvgIpc) is 2.85. The van der Waals surface area contributed by atoms with Gasteiger partial charge in [-0.15, -0.1) is 11.3 Å². The summed E-state index contributed by atoms with van der Waals surface area (Å²) < 4.78 is 5.33. The molecular weight excluding hydrogens is 292 g/mol. The van der Waals surface area contributed by atoms with Gasteiger partial charge in [-0.1, -0.05) is 0 Å². The van der Waals surface area contributed by atoms with Crippen molar-refractivity contribution in [3.63, 3.8) is 0 Å². The minimum absolute atomic E-state index is 0.343. The lowest BCUT2D eigenvalue weighted by atomic mass is 10.0. The number of thiophene rings is 1. The molecule has 0 radical (unpaired) electrons. The van der Waals surface area contributed by atoms with Crippen molar-refractivity contribution in [1.82, 2.24) is 9.69 Å². The molecular formula is C10H9BrN2S2. The van der Waals surface area contributed by atoms with Crippen LogP contribution in [0.4, 0.5) is 0 Å². The molecule has 0 bridgehead atoms. The quantitative estimate of drug-likeness (QED) is 0.875. The second-order valence-electron chi connectivity index (χ2n) is 3.49. The van der Waals surface area contributed by atoms with Crippen LogP contribution < -0.4 is 5.32 Å². The highest BCUT2D eigenvalue weighted by Crippen LogP contribution is 2.37. The zero-order valence-electron chi connectivity index (χ0n) is 7.87. The van der Waals surface area contributed by atoms with Crippen LogP contribution in [0, 0.1) is 0 Å². The maximum atomic E-state index is 4.21. The number of nitrogens with one attached hydrogen (secondary N) is 1. The molecule has 0 aliphatic carbocycles. The lowest BCUT2D eigenvalue weighted by Gasteiger charge is -2.23. The molecule has 0 spiro atoms. The number of hydrogen-bond acceptors (Lipinski definition) is 4. The van der Waals surface area contributed by atoms with Gasteiger partial charge in [0.2, 0.25) is 0 Å². The fourth-order valence-corrected chi connectivity index (χ4v) is 4.40. The normalized spacial score (nSPS) is 20.2. The van der Waals surface area contributed by atoms with Crippen molar-refractivity contribution in [2.45, 2.75) is 12.5 Å². The van der Waals surface area contributed by atoms with Crippen LogP contribution in [0.25, 0.3) is 0 Å². The summed E-state index contributed by atoms with van der Waals surface area (Å²) in [5.41, 5.74) is 1.49. The van der Waals surface area contributed by atoms with Crippen molar-refractivity contribution < 1.29 is 0 Å². The van der Waals surface area contributed by atoms with Gasteiger partial charge in [0.15, 0.2) is 0 Å². The van der Waals surface area contributed by atoms with Gasteiger partial charge in [-0.3, -0.25) is 0 Å². The maximum absolute atomic E-state index is 4.21. The van der Waals surface area contributed by atoms with E-state index in [2.05, 4.69) is 37.1 Å². The third-order valence-corrected chi connectivity index (χ3v) is 5.38. The van der Waals surface area contributed by atoms with E-state index < -0.39 is 0 Å². The van der Waals surface area contributed by atoms with E-state index in [0.717, 1.165) is 17.4 Å². The molecule has 1 aliphatic rings. The first-order chi connectivity index (χ1) is 7.36. The summed E-state index contributed by atoms with van der Waals surface area (Å²) in [7, 11) is 0. The minimum atomic E-state index is 0.343. The molecule has 15 heavy (non-hydrogen) atoms. The van der Waals surface area contributed by atoms with E-state index >= 15 is 0 Å². The number of nitrogens with zero attached hydrogens (tertiary/aromatic N) is 1. The molecule has 0 saturated heterocycles. The average molecular weight is 301 g/mol. The molecule has 1 N–H and O–H groups in total. The zero-order chi connectivity index (χ0) is 10.3. The van der Waals surface area contributed by atoms with Crippen LogP contribution in [0.15, 0.2) is 22.1 Å². The largest absolute Gasteiger partial charge is 0.304 e. The standard InChI is InChI=1S/C10H9BrN2S2/c11-7-5-13-15-10(7)8-9-6(1-3-12-8)2-4-14-9/h2,4-5,8,12H,1,3H2. The smallest absolute Gasteiger partial charge is 0.0795 e. The summed E-state index contributed by atoms with van der Waals surface area (Å²) >= 11 is 6.96. The Morgan fingerprint density at radius 2 is 2.40 bits per heavy atom. The Morgan fingerprint density at radius 3 is 3.20 bits per heavy atom. The van der Waals surface area contributed by atoms with Crippen LogP contribution in [0.2, 0.25) is 0 Å². The Morgan fingerprint density at radius 1 is 1.47 bits per heavy atom. The van der Waals surface area contributed by atoms with Crippen molar-refractivity contribution in [3.05, 3.63) is 37.4 Å².